The average Bonchev–Trinajstić information content (AvgIpc) is 3.01. The molecule has 1 aliphatic rings. The van der Waals surface area contributed by atoms with Crippen LogP contribution in [0.3, 0.4) is 0 Å². The summed E-state index contributed by atoms with van der Waals surface area (Å²) in [4.78, 5) is 15.4. The number of likely N-dealkylation sites (N-methyl/N-ethyl adjacent to an activating group) is 1. The molecule has 0 amide bonds. The molecular weight excluding hydrogens is 272 g/mol. The number of aromatic nitrogens is 3. The Balaban J connectivity index is 1.90. The first-order chi connectivity index (χ1) is 10.8. The summed E-state index contributed by atoms with van der Waals surface area (Å²) in [5.74, 6) is 0.541. The maximum Gasteiger partial charge on any atom is 0.116 e. The van der Waals surface area contributed by atoms with Crippen molar-refractivity contribution in [2.75, 3.05) is 20.1 Å². The van der Waals surface area contributed by atoms with Gasteiger partial charge >= 0.3 is 0 Å². The molecule has 0 radical (unpaired) electrons. The Morgan fingerprint density at radius 2 is 2.09 bits per heavy atom. The van der Waals surface area contributed by atoms with Crippen LogP contribution in [0.5, 0.6) is 0 Å². The number of hydrogen-bond donors (Lipinski definition) is 0. The van der Waals surface area contributed by atoms with Crippen LogP contribution in [0, 0.1) is 0 Å². The first-order valence-corrected chi connectivity index (χ1v) is 7.64. The predicted molar refractivity (Wildman–Crippen MR) is 87.6 cm³/mol. The van der Waals surface area contributed by atoms with Crippen LogP contribution in [-0.4, -0.2) is 40.0 Å². The van der Waals surface area contributed by atoms with Crippen LogP contribution >= 0.6 is 0 Å². The summed E-state index contributed by atoms with van der Waals surface area (Å²) in [6, 6.07) is 8.53. The molecule has 4 rings (SSSR count). The zero-order chi connectivity index (χ0) is 14.9. The lowest BCUT2D eigenvalue weighted by Gasteiger charge is -2.15. The molecule has 1 unspecified atom stereocenters. The number of benzene rings is 1. The molecule has 4 heteroatoms. The lowest BCUT2D eigenvalue weighted by atomic mass is 9.92. The molecule has 4 nitrogen and oxygen atoms in total. The fraction of sp³-hybridized carbons (Fsp3) is 0.278. The van der Waals surface area contributed by atoms with E-state index in [1.807, 2.05) is 18.5 Å². The van der Waals surface area contributed by atoms with Gasteiger partial charge in [0.15, 0.2) is 0 Å². The molecule has 3 aromatic rings. The topological polar surface area (TPSA) is 41.9 Å². The maximum absolute atomic E-state index is 4.54. The summed E-state index contributed by atoms with van der Waals surface area (Å²) in [7, 11) is 2.18. The van der Waals surface area contributed by atoms with E-state index in [9.17, 15) is 0 Å². The monoisotopic (exact) mass is 290 g/mol. The molecule has 0 bridgehead atoms. The van der Waals surface area contributed by atoms with E-state index in [2.05, 4.69) is 45.1 Å². The summed E-state index contributed by atoms with van der Waals surface area (Å²) in [5.41, 5.74) is 4.76. The second kappa shape index (κ2) is 5.46. The number of fused-ring (bicyclic) bond motifs is 1. The highest BCUT2D eigenvalue weighted by molar-refractivity contribution is 5.87. The molecular formula is C18H18N4. The van der Waals surface area contributed by atoms with E-state index in [1.54, 1.807) is 12.5 Å². The minimum Gasteiger partial charge on any atom is -0.306 e. The largest absolute Gasteiger partial charge is 0.306 e. The molecule has 0 N–H and O–H groups in total. The van der Waals surface area contributed by atoms with Crippen LogP contribution in [-0.2, 0) is 0 Å². The zero-order valence-corrected chi connectivity index (χ0v) is 12.6. The fourth-order valence-corrected chi connectivity index (χ4v) is 3.33. The van der Waals surface area contributed by atoms with Crippen LogP contribution in [0.25, 0.3) is 22.0 Å². The summed E-state index contributed by atoms with van der Waals surface area (Å²) < 4.78 is 0. The second-order valence-corrected chi connectivity index (χ2v) is 6.02. The van der Waals surface area contributed by atoms with Crippen molar-refractivity contribution in [3.8, 4) is 11.1 Å². The van der Waals surface area contributed by atoms with Crippen molar-refractivity contribution in [1.29, 1.82) is 0 Å². The Bertz CT molecular complexity index is 801. The van der Waals surface area contributed by atoms with Crippen molar-refractivity contribution < 1.29 is 0 Å². The molecule has 1 saturated heterocycles. The van der Waals surface area contributed by atoms with Gasteiger partial charge in [-0.1, -0.05) is 6.07 Å². The summed E-state index contributed by atoms with van der Waals surface area (Å²) in [6.45, 7) is 2.24. The lowest BCUT2D eigenvalue weighted by molar-refractivity contribution is 0.412. The molecule has 3 heterocycles. The number of nitrogens with zero attached hydrogens (tertiary/aromatic N) is 4. The molecule has 0 spiro atoms. The Morgan fingerprint density at radius 1 is 1.14 bits per heavy atom. The van der Waals surface area contributed by atoms with Crippen LogP contribution in [0.4, 0.5) is 0 Å². The molecule has 1 atom stereocenters. The van der Waals surface area contributed by atoms with Gasteiger partial charge in [-0.3, -0.25) is 4.98 Å². The molecule has 1 aromatic carbocycles. The van der Waals surface area contributed by atoms with E-state index in [4.69, 9.17) is 0 Å². The molecule has 0 saturated carbocycles. The van der Waals surface area contributed by atoms with Gasteiger partial charge in [-0.05, 0) is 55.3 Å². The Hall–Kier alpha value is -2.33. The molecule has 110 valence electrons. The van der Waals surface area contributed by atoms with Crippen LogP contribution < -0.4 is 0 Å². The van der Waals surface area contributed by atoms with Gasteiger partial charge in [0.1, 0.15) is 6.33 Å². The SMILES string of the molecule is CN1CCC(c2cc(-c3cccnc3)cc3cncnc23)C1. The average molecular weight is 290 g/mol. The predicted octanol–water partition coefficient (Wildman–Crippen LogP) is 3.11. The van der Waals surface area contributed by atoms with Crippen molar-refractivity contribution in [1.82, 2.24) is 19.9 Å². The number of hydrogen-bond acceptors (Lipinski definition) is 4. The molecule has 22 heavy (non-hydrogen) atoms. The molecule has 1 fully saturated rings. The quantitative estimate of drug-likeness (QED) is 0.727. The maximum atomic E-state index is 4.54. The highest BCUT2D eigenvalue weighted by Gasteiger charge is 2.24. The molecule has 1 aliphatic heterocycles. The normalized spacial score (nSPS) is 18.9. The van der Waals surface area contributed by atoms with Crippen LogP contribution in [0.15, 0.2) is 49.2 Å². The fourth-order valence-electron chi connectivity index (χ4n) is 3.33. The van der Waals surface area contributed by atoms with Gasteiger partial charge in [0.2, 0.25) is 0 Å². The summed E-state index contributed by atoms with van der Waals surface area (Å²) >= 11 is 0. The highest BCUT2D eigenvalue weighted by atomic mass is 15.1. The molecule has 2 aromatic heterocycles. The van der Waals surface area contributed by atoms with Gasteiger partial charge < -0.3 is 4.90 Å². The third kappa shape index (κ3) is 2.35. The third-order valence-corrected chi connectivity index (χ3v) is 4.46. The molecule has 0 aliphatic carbocycles. The van der Waals surface area contributed by atoms with Gasteiger partial charge in [0, 0.05) is 36.1 Å². The van der Waals surface area contributed by atoms with E-state index in [0.29, 0.717) is 5.92 Å². The third-order valence-electron chi connectivity index (χ3n) is 4.46. The van der Waals surface area contributed by atoms with Crippen molar-refractivity contribution in [3.63, 3.8) is 0 Å². The zero-order valence-electron chi connectivity index (χ0n) is 12.6. The Labute approximate surface area is 129 Å². The summed E-state index contributed by atoms with van der Waals surface area (Å²) in [5, 5.41) is 1.11. The highest BCUT2D eigenvalue weighted by Crippen LogP contribution is 2.34. The van der Waals surface area contributed by atoms with Gasteiger partial charge in [0.05, 0.1) is 5.52 Å². The first-order valence-electron chi connectivity index (χ1n) is 7.64. The van der Waals surface area contributed by atoms with E-state index >= 15 is 0 Å². The lowest BCUT2D eigenvalue weighted by Crippen LogP contribution is -2.13. The van der Waals surface area contributed by atoms with Gasteiger partial charge in [-0.2, -0.15) is 0 Å². The standard InChI is InChI=1S/C18H18N4/c1-22-6-4-14(11-22)17-8-15(13-3-2-5-19-9-13)7-16-10-20-12-21-18(16)17/h2-3,5,7-10,12,14H,4,6,11H2,1H3. The first kappa shape index (κ1) is 13.3. The van der Waals surface area contributed by atoms with Crippen molar-refractivity contribution in [2.45, 2.75) is 12.3 Å². The Morgan fingerprint density at radius 3 is 2.86 bits per heavy atom. The van der Waals surface area contributed by atoms with Crippen LogP contribution in [0.2, 0.25) is 0 Å². The van der Waals surface area contributed by atoms with Crippen molar-refractivity contribution in [2.24, 2.45) is 0 Å². The van der Waals surface area contributed by atoms with E-state index in [1.165, 1.54) is 17.5 Å². The minimum absolute atomic E-state index is 0.541. The second-order valence-electron chi connectivity index (χ2n) is 6.02. The van der Waals surface area contributed by atoms with E-state index in [-0.39, 0.29) is 0 Å². The number of rotatable bonds is 2. The minimum atomic E-state index is 0.541. The summed E-state index contributed by atoms with van der Waals surface area (Å²) in [6.07, 6.45) is 8.46. The van der Waals surface area contributed by atoms with E-state index < -0.39 is 0 Å². The van der Waals surface area contributed by atoms with E-state index in [0.717, 1.165) is 29.6 Å². The number of pyridine rings is 1. The van der Waals surface area contributed by atoms with Gasteiger partial charge in [-0.15, -0.1) is 0 Å². The van der Waals surface area contributed by atoms with Crippen LogP contribution in [0.1, 0.15) is 17.9 Å². The smallest absolute Gasteiger partial charge is 0.116 e. The number of likely N-dealkylation sites (tertiary alicyclic amines) is 1. The van der Waals surface area contributed by atoms with Crippen molar-refractivity contribution >= 4 is 10.9 Å². The van der Waals surface area contributed by atoms with Gasteiger partial charge in [0.25, 0.3) is 0 Å². The Kier molecular flexibility index (Phi) is 3.31. The van der Waals surface area contributed by atoms with Crippen molar-refractivity contribution in [3.05, 3.63) is 54.7 Å². The van der Waals surface area contributed by atoms with Gasteiger partial charge in [-0.25, -0.2) is 9.97 Å².